The molecule has 4 N–H and O–H groups in total. The topological polar surface area (TPSA) is 92.4 Å². The summed E-state index contributed by atoms with van der Waals surface area (Å²) in [5.74, 6) is 0.940. The summed E-state index contributed by atoms with van der Waals surface area (Å²) < 4.78 is 0. The van der Waals surface area contributed by atoms with Gasteiger partial charge in [0.1, 0.15) is 0 Å². The lowest BCUT2D eigenvalue weighted by atomic mass is 10.1. The van der Waals surface area contributed by atoms with E-state index in [1.54, 1.807) is 0 Å². The minimum atomic E-state index is -0.352. The number of nitrogens with one attached hydrogen (secondary N) is 1. The Balaban J connectivity index is 1.99. The predicted octanol–water partition coefficient (Wildman–Crippen LogP) is -0.128. The maximum Gasteiger partial charge on any atom is 0.227 e. The first-order chi connectivity index (χ1) is 8.08. The van der Waals surface area contributed by atoms with Crippen LogP contribution in [-0.4, -0.2) is 41.1 Å². The molecule has 2 unspecified atom stereocenters. The van der Waals surface area contributed by atoms with Crippen LogP contribution in [0, 0.1) is 5.92 Å². The van der Waals surface area contributed by atoms with Gasteiger partial charge in [-0.15, -0.1) is 0 Å². The number of carbonyl (C=O) groups is 2. The van der Waals surface area contributed by atoms with Crippen LogP contribution in [0.25, 0.3) is 0 Å². The molecule has 6 heteroatoms. The number of thioether (sulfide) groups is 1. The summed E-state index contributed by atoms with van der Waals surface area (Å²) in [6.07, 6.45) is 2.83. The van der Waals surface area contributed by atoms with Crippen molar-refractivity contribution in [3.8, 4) is 0 Å². The molecule has 1 saturated carbocycles. The van der Waals surface area contributed by atoms with Gasteiger partial charge in [0.15, 0.2) is 0 Å². The molecule has 0 aromatic heterocycles. The van der Waals surface area contributed by atoms with Crippen molar-refractivity contribution in [2.24, 2.45) is 11.7 Å². The van der Waals surface area contributed by atoms with E-state index in [1.165, 1.54) is 11.8 Å². The second-order valence-electron chi connectivity index (χ2n) is 4.41. The standard InChI is InChI=1S/C11H20N2O3S/c12-10(15)7-17-4-3-11(16)13-6-8-1-2-9(14)5-8/h8-9,14H,1-7H2,(H2,12,15)(H,13,16). The first-order valence-corrected chi connectivity index (χ1v) is 7.04. The van der Waals surface area contributed by atoms with Gasteiger partial charge in [0, 0.05) is 18.7 Å². The lowest BCUT2D eigenvalue weighted by molar-refractivity contribution is -0.121. The van der Waals surface area contributed by atoms with Gasteiger partial charge in [0.2, 0.25) is 11.8 Å². The van der Waals surface area contributed by atoms with E-state index in [1.807, 2.05) is 0 Å². The largest absolute Gasteiger partial charge is 0.393 e. The summed E-state index contributed by atoms with van der Waals surface area (Å²) in [6.45, 7) is 0.649. The van der Waals surface area contributed by atoms with Gasteiger partial charge in [0.25, 0.3) is 0 Å². The summed E-state index contributed by atoms with van der Waals surface area (Å²) in [5, 5.41) is 12.2. The van der Waals surface area contributed by atoms with Gasteiger partial charge in [-0.3, -0.25) is 9.59 Å². The molecule has 0 aromatic carbocycles. The van der Waals surface area contributed by atoms with E-state index < -0.39 is 0 Å². The second kappa shape index (κ2) is 7.55. The van der Waals surface area contributed by atoms with Crippen LogP contribution in [0.3, 0.4) is 0 Å². The van der Waals surface area contributed by atoms with E-state index in [-0.39, 0.29) is 23.7 Å². The van der Waals surface area contributed by atoms with E-state index in [9.17, 15) is 14.7 Å². The molecule has 0 radical (unpaired) electrons. The highest BCUT2D eigenvalue weighted by atomic mass is 32.2. The monoisotopic (exact) mass is 260 g/mol. The van der Waals surface area contributed by atoms with Crippen molar-refractivity contribution in [3.63, 3.8) is 0 Å². The van der Waals surface area contributed by atoms with Crippen LogP contribution in [0.1, 0.15) is 25.7 Å². The number of amides is 2. The Labute approximate surface area is 106 Å². The quantitative estimate of drug-likeness (QED) is 0.556. The van der Waals surface area contributed by atoms with Gasteiger partial charge in [-0.1, -0.05) is 0 Å². The molecule has 0 heterocycles. The third-order valence-corrected chi connectivity index (χ3v) is 3.80. The van der Waals surface area contributed by atoms with E-state index >= 15 is 0 Å². The van der Waals surface area contributed by atoms with Gasteiger partial charge < -0.3 is 16.2 Å². The van der Waals surface area contributed by atoms with E-state index in [0.717, 1.165) is 19.3 Å². The lowest BCUT2D eigenvalue weighted by Crippen LogP contribution is -2.29. The minimum absolute atomic E-state index is 0.00311. The van der Waals surface area contributed by atoms with Gasteiger partial charge in [-0.2, -0.15) is 11.8 Å². The Morgan fingerprint density at radius 3 is 2.76 bits per heavy atom. The molecule has 2 amide bonds. The Morgan fingerprint density at radius 2 is 2.18 bits per heavy atom. The highest BCUT2D eigenvalue weighted by Gasteiger charge is 2.22. The number of hydrogen-bond donors (Lipinski definition) is 3. The molecule has 0 spiro atoms. The SMILES string of the molecule is NC(=O)CSCCC(=O)NCC1CCC(O)C1. The van der Waals surface area contributed by atoms with Crippen LogP contribution in [0.15, 0.2) is 0 Å². The number of primary amides is 1. The molecule has 0 saturated heterocycles. The Bertz CT molecular complexity index is 273. The van der Waals surface area contributed by atoms with Crippen LogP contribution in [0.4, 0.5) is 0 Å². The van der Waals surface area contributed by atoms with Crippen molar-refractivity contribution in [3.05, 3.63) is 0 Å². The zero-order valence-electron chi connectivity index (χ0n) is 9.85. The second-order valence-corrected chi connectivity index (χ2v) is 5.51. The molecule has 1 aliphatic carbocycles. The van der Waals surface area contributed by atoms with Crippen LogP contribution in [0.5, 0.6) is 0 Å². The molecule has 98 valence electrons. The molecular weight excluding hydrogens is 240 g/mol. The molecule has 1 aliphatic rings. The molecule has 17 heavy (non-hydrogen) atoms. The highest BCUT2D eigenvalue weighted by Crippen LogP contribution is 2.24. The Morgan fingerprint density at radius 1 is 1.41 bits per heavy atom. The maximum atomic E-state index is 11.4. The average molecular weight is 260 g/mol. The average Bonchev–Trinajstić information content (AvgIpc) is 2.67. The van der Waals surface area contributed by atoms with Crippen LogP contribution in [-0.2, 0) is 9.59 Å². The number of carbonyl (C=O) groups excluding carboxylic acids is 2. The molecule has 0 aliphatic heterocycles. The highest BCUT2D eigenvalue weighted by molar-refractivity contribution is 7.99. The van der Waals surface area contributed by atoms with Gasteiger partial charge in [-0.05, 0) is 25.2 Å². The minimum Gasteiger partial charge on any atom is -0.393 e. The Kier molecular flexibility index (Phi) is 6.36. The molecule has 0 aromatic rings. The van der Waals surface area contributed by atoms with Crippen LogP contribution >= 0.6 is 11.8 Å². The predicted molar refractivity (Wildman–Crippen MR) is 67.5 cm³/mol. The third-order valence-electron chi connectivity index (χ3n) is 2.82. The van der Waals surface area contributed by atoms with Crippen molar-refractivity contribution in [1.29, 1.82) is 0 Å². The van der Waals surface area contributed by atoms with Crippen LogP contribution in [0.2, 0.25) is 0 Å². The maximum absolute atomic E-state index is 11.4. The summed E-state index contributed by atoms with van der Waals surface area (Å²) in [4.78, 5) is 21.9. The number of rotatable bonds is 7. The van der Waals surface area contributed by atoms with Crippen molar-refractivity contribution in [1.82, 2.24) is 5.32 Å². The van der Waals surface area contributed by atoms with Crippen molar-refractivity contribution >= 4 is 23.6 Å². The fraction of sp³-hybridized carbons (Fsp3) is 0.818. The fourth-order valence-corrected chi connectivity index (χ4v) is 2.59. The molecule has 5 nitrogen and oxygen atoms in total. The van der Waals surface area contributed by atoms with Gasteiger partial charge >= 0.3 is 0 Å². The number of nitrogens with two attached hydrogens (primary N) is 1. The number of hydrogen-bond acceptors (Lipinski definition) is 4. The van der Waals surface area contributed by atoms with Crippen molar-refractivity contribution in [2.45, 2.75) is 31.8 Å². The normalized spacial score (nSPS) is 23.6. The van der Waals surface area contributed by atoms with Crippen molar-refractivity contribution in [2.75, 3.05) is 18.1 Å². The summed E-state index contributed by atoms with van der Waals surface area (Å²) in [7, 11) is 0. The number of aliphatic hydroxyl groups excluding tert-OH is 1. The van der Waals surface area contributed by atoms with E-state index in [0.29, 0.717) is 24.6 Å². The molecule has 1 rings (SSSR count). The Hall–Kier alpha value is -0.750. The molecular formula is C11H20N2O3S. The van der Waals surface area contributed by atoms with Crippen molar-refractivity contribution < 1.29 is 14.7 Å². The molecule has 2 atom stereocenters. The van der Waals surface area contributed by atoms with Gasteiger partial charge in [0.05, 0.1) is 11.9 Å². The van der Waals surface area contributed by atoms with E-state index in [2.05, 4.69) is 5.32 Å². The summed E-state index contributed by atoms with van der Waals surface area (Å²) in [6, 6.07) is 0. The number of aliphatic hydroxyl groups is 1. The summed E-state index contributed by atoms with van der Waals surface area (Å²) >= 11 is 1.37. The smallest absolute Gasteiger partial charge is 0.227 e. The zero-order valence-corrected chi connectivity index (χ0v) is 10.7. The van der Waals surface area contributed by atoms with E-state index in [4.69, 9.17) is 5.73 Å². The summed E-state index contributed by atoms with van der Waals surface area (Å²) in [5.41, 5.74) is 4.98. The zero-order chi connectivity index (χ0) is 12.7. The fourth-order valence-electron chi connectivity index (χ4n) is 1.92. The van der Waals surface area contributed by atoms with Gasteiger partial charge in [-0.25, -0.2) is 0 Å². The molecule has 0 bridgehead atoms. The lowest BCUT2D eigenvalue weighted by Gasteiger charge is -2.10. The first-order valence-electron chi connectivity index (χ1n) is 5.88. The van der Waals surface area contributed by atoms with Crippen LogP contribution < -0.4 is 11.1 Å². The molecule has 1 fully saturated rings. The third kappa shape index (κ3) is 6.53. The first kappa shape index (κ1) is 14.3.